The Morgan fingerprint density at radius 3 is 1.65 bits per heavy atom. The molecule has 2 aliphatic rings. The first-order chi connectivity index (χ1) is 19.0. The van der Waals surface area contributed by atoms with Crippen LogP contribution >= 0.6 is 0 Å². The van der Waals surface area contributed by atoms with Gasteiger partial charge in [0, 0.05) is 6.42 Å². The molecule has 40 heavy (non-hydrogen) atoms. The summed E-state index contributed by atoms with van der Waals surface area (Å²) in [6.07, 6.45) is -1.34. The predicted molar refractivity (Wildman–Crippen MR) is 146 cm³/mol. The summed E-state index contributed by atoms with van der Waals surface area (Å²) in [7, 11) is 0. The molecule has 1 aliphatic heterocycles. The fourth-order valence-electron chi connectivity index (χ4n) is 5.33. The van der Waals surface area contributed by atoms with Crippen molar-refractivity contribution in [2.45, 2.75) is 165 Å². The van der Waals surface area contributed by atoms with Gasteiger partial charge in [-0.15, -0.1) is 0 Å². The molecule has 0 unspecified atom stereocenters. The number of aliphatic hydroxyl groups is 7. The van der Waals surface area contributed by atoms with Crippen molar-refractivity contribution >= 4 is 5.97 Å². The molecule has 0 radical (unpaired) electrons. The Bertz CT molecular complexity index is 693. The molecule has 1 heterocycles. The van der Waals surface area contributed by atoms with E-state index < -0.39 is 67.2 Å². The highest BCUT2D eigenvalue weighted by atomic mass is 16.7. The van der Waals surface area contributed by atoms with E-state index in [4.69, 9.17) is 14.2 Å². The van der Waals surface area contributed by atoms with Gasteiger partial charge in [-0.05, 0) is 12.3 Å². The number of hydrogen-bond acceptors (Lipinski definition) is 11. The molecule has 1 aliphatic carbocycles. The van der Waals surface area contributed by atoms with Gasteiger partial charge in [0.25, 0.3) is 0 Å². The van der Waals surface area contributed by atoms with E-state index in [-0.39, 0.29) is 13.0 Å². The number of ether oxygens (including phenoxy) is 3. The Morgan fingerprint density at radius 1 is 0.650 bits per heavy atom. The maximum Gasteiger partial charge on any atom is 0.306 e. The van der Waals surface area contributed by atoms with Crippen LogP contribution in [0.4, 0.5) is 0 Å². The Kier molecular flexibility index (Phi) is 16.4. The molecule has 7 N–H and O–H groups in total. The van der Waals surface area contributed by atoms with Crippen LogP contribution in [-0.4, -0.2) is 110 Å². The van der Waals surface area contributed by atoms with Crippen LogP contribution in [0.25, 0.3) is 0 Å². The van der Waals surface area contributed by atoms with Crippen molar-refractivity contribution in [1.82, 2.24) is 0 Å². The lowest BCUT2D eigenvalue weighted by Crippen LogP contribution is -2.67. The van der Waals surface area contributed by atoms with Crippen LogP contribution in [0.5, 0.6) is 0 Å². The van der Waals surface area contributed by atoms with E-state index in [1.165, 1.54) is 57.8 Å². The van der Waals surface area contributed by atoms with Gasteiger partial charge in [-0.1, -0.05) is 90.9 Å². The first-order valence-corrected chi connectivity index (χ1v) is 15.3. The Hall–Kier alpha value is -0.890. The van der Waals surface area contributed by atoms with Crippen LogP contribution in [0.2, 0.25) is 0 Å². The van der Waals surface area contributed by atoms with E-state index in [2.05, 4.69) is 13.8 Å². The topological polar surface area (TPSA) is 186 Å². The van der Waals surface area contributed by atoms with Crippen LogP contribution < -0.4 is 0 Å². The maximum absolute atomic E-state index is 12.5. The van der Waals surface area contributed by atoms with E-state index >= 15 is 0 Å². The second kappa shape index (κ2) is 18.6. The highest BCUT2D eigenvalue weighted by molar-refractivity contribution is 5.69. The highest BCUT2D eigenvalue weighted by Gasteiger charge is 2.53. The molecule has 11 nitrogen and oxygen atoms in total. The SMILES string of the molecule is CC(C)CCCCCCCCCCCCCCC(=O)O[C@@H]1[C@H](O)[C@@H](O)[C@H](O)[C@@H](O)[C@@H]1O[C@@H]1OC[C@@H](O)[C@H](O)[C@@H]1O. The van der Waals surface area contributed by atoms with Gasteiger partial charge in [0.15, 0.2) is 12.4 Å². The number of rotatable bonds is 18. The summed E-state index contributed by atoms with van der Waals surface area (Å²) in [4.78, 5) is 12.5. The summed E-state index contributed by atoms with van der Waals surface area (Å²) < 4.78 is 16.0. The van der Waals surface area contributed by atoms with Crippen molar-refractivity contribution in [3.8, 4) is 0 Å². The average Bonchev–Trinajstić information content (AvgIpc) is 2.92. The smallest absolute Gasteiger partial charge is 0.306 e. The molecule has 0 aromatic carbocycles. The van der Waals surface area contributed by atoms with Crippen LogP contribution in [0.1, 0.15) is 104 Å². The van der Waals surface area contributed by atoms with Gasteiger partial charge >= 0.3 is 5.97 Å². The third-order valence-corrected chi connectivity index (χ3v) is 7.97. The molecule has 236 valence electrons. The molecule has 2 rings (SSSR count). The monoisotopic (exact) mass is 578 g/mol. The summed E-state index contributed by atoms with van der Waals surface area (Å²) in [5.74, 6) is 0.133. The van der Waals surface area contributed by atoms with E-state index in [1.807, 2.05) is 0 Å². The Balaban J connectivity index is 1.66. The largest absolute Gasteiger partial charge is 0.457 e. The Labute approximate surface area is 238 Å². The third kappa shape index (κ3) is 11.4. The van der Waals surface area contributed by atoms with Gasteiger partial charge in [-0.2, -0.15) is 0 Å². The fourth-order valence-corrected chi connectivity index (χ4v) is 5.33. The summed E-state index contributed by atoms with van der Waals surface area (Å²) in [5, 5.41) is 70.8. The second-order valence-electron chi connectivity index (χ2n) is 11.9. The van der Waals surface area contributed by atoms with Crippen molar-refractivity contribution in [1.29, 1.82) is 0 Å². The normalized spacial score (nSPS) is 34.8. The zero-order valence-electron chi connectivity index (χ0n) is 24.2. The lowest BCUT2D eigenvalue weighted by molar-refractivity contribution is -0.322. The summed E-state index contributed by atoms with van der Waals surface area (Å²) >= 11 is 0. The minimum absolute atomic E-state index is 0.0644. The predicted octanol–water partition coefficient (Wildman–Crippen LogP) is 1.30. The summed E-state index contributed by atoms with van der Waals surface area (Å²) in [6, 6.07) is 0. The quantitative estimate of drug-likeness (QED) is 0.0918. The van der Waals surface area contributed by atoms with Crippen molar-refractivity contribution < 1.29 is 54.8 Å². The number of carbonyl (C=O) groups excluding carboxylic acids is 1. The molecule has 0 spiro atoms. The van der Waals surface area contributed by atoms with Crippen LogP contribution in [-0.2, 0) is 19.0 Å². The summed E-state index contributed by atoms with van der Waals surface area (Å²) in [5.41, 5.74) is 0. The first-order valence-electron chi connectivity index (χ1n) is 15.3. The van der Waals surface area contributed by atoms with Gasteiger partial charge in [0.1, 0.15) is 48.8 Å². The maximum atomic E-state index is 12.5. The van der Waals surface area contributed by atoms with Gasteiger partial charge in [0.2, 0.25) is 0 Å². The van der Waals surface area contributed by atoms with Crippen LogP contribution in [0.3, 0.4) is 0 Å². The van der Waals surface area contributed by atoms with Gasteiger partial charge in [0.05, 0.1) is 6.61 Å². The minimum Gasteiger partial charge on any atom is -0.457 e. The molecule has 2 fully saturated rings. The molecule has 0 bridgehead atoms. The van der Waals surface area contributed by atoms with E-state index in [0.29, 0.717) is 6.42 Å². The molecule has 0 aromatic rings. The van der Waals surface area contributed by atoms with Crippen molar-refractivity contribution in [2.75, 3.05) is 6.61 Å². The first kappa shape index (κ1) is 35.3. The third-order valence-electron chi connectivity index (χ3n) is 7.97. The number of hydrogen-bond donors (Lipinski definition) is 7. The van der Waals surface area contributed by atoms with Crippen molar-refractivity contribution in [3.05, 3.63) is 0 Å². The molecule has 0 amide bonds. The minimum atomic E-state index is -1.82. The summed E-state index contributed by atoms with van der Waals surface area (Å²) in [6.45, 7) is 4.17. The number of unbranched alkanes of at least 4 members (excludes halogenated alkanes) is 11. The van der Waals surface area contributed by atoms with E-state index in [9.17, 15) is 40.5 Å². The van der Waals surface area contributed by atoms with Gasteiger partial charge in [-0.25, -0.2) is 0 Å². The van der Waals surface area contributed by atoms with Gasteiger partial charge in [-0.3, -0.25) is 4.79 Å². The van der Waals surface area contributed by atoms with E-state index in [1.54, 1.807) is 0 Å². The molecular weight excluding hydrogens is 524 g/mol. The molecule has 1 saturated heterocycles. The molecular formula is C29H54O11. The number of aliphatic hydroxyl groups excluding tert-OH is 7. The molecule has 11 heteroatoms. The van der Waals surface area contributed by atoms with Crippen LogP contribution in [0.15, 0.2) is 0 Å². The highest BCUT2D eigenvalue weighted by Crippen LogP contribution is 2.30. The van der Waals surface area contributed by atoms with E-state index in [0.717, 1.165) is 25.2 Å². The fraction of sp³-hybridized carbons (Fsp3) is 0.966. The van der Waals surface area contributed by atoms with Crippen LogP contribution in [0, 0.1) is 5.92 Å². The van der Waals surface area contributed by atoms with Crippen molar-refractivity contribution in [2.24, 2.45) is 5.92 Å². The molecule has 0 aromatic heterocycles. The second-order valence-corrected chi connectivity index (χ2v) is 11.9. The zero-order valence-corrected chi connectivity index (χ0v) is 24.2. The lowest BCUT2D eigenvalue weighted by atomic mass is 9.84. The Morgan fingerprint density at radius 2 is 1.12 bits per heavy atom. The molecule has 10 atom stereocenters. The zero-order chi connectivity index (χ0) is 29.7. The standard InChI is InChI=1S/C29H54O11/c1-18(2)15-13-11-9-7-5-3-4-6-8-10-12-14-16-20(31)39-27-24(35)22(33)23(34)25(36)28(27)40-29-26(37)21(32)19(30)17-38-29/h18-19,21-30,32-37H,3-17H2,1-2H3/t19-,21+,22+,23+,24-,25-,26+,27-,28+,29+/m1/s1. The lowest BCUT2D eigenvalue weighted by Gasteiger charge is -2.45. The molecule has 1 saturated carbocycles. The van der Waals surface area contributed by atoms with Gasteiger partial charge < -0.3 is 50.0 Å². The van der Waals surface area contributed by atoms with Crippen molar-refractivity contribution in [3.63, 3.8) is 0 Å². The number of esters is 1. The number of carbonyl (C=O) groups is 1. The average molecular weight is 579 g/mol.